The first-order chi connectivity index (χ1) is 15.5. The Morgan fingerprint density at radius 2 is 1.44 bits per heavy atom. The lowest BCUT2D eigenvalue weighted by Gasteiger charge is -2.22. The molecular weight excluding hydrogens is 402 g/mol. The van der Waals surface area contributed by atoms with E-state index < -0.39 is 18.2 Å². The van der Waals surface area contributed by atoms with Crippen LogP contribution in [0.15, 0.2) is 78.9 Å². The molecule has 1 N–H and O–H groups in total. The van der Waals surface area contributed by atoms with Crippen LogP contribution in [-0.4, -0.2) is 25.1 Å². The van der Waals surface area contributed by atoms with Crippen molar-refractivity contribution in [2.45, 2.75) is 38.9 Å². The van der Waals surface area contributed by atoms with E-state index in [2.05, 4.69) is 5.32 Å². The van der Waals surface area contributed by atoms with Crippen LogP contribution in [0.3, 0.4) is 0 Å². The van der Waals surface area contributed by atoms with Gasteiger partial charge in [0.05, 0.1) is 0 Å². The van der Waals surface area contributed by atoms with Crippen molar-refractivity contribution in [2.75, 3.05) is 12.4 Å². The summed E-state index contributed by atoms with van der Waals surface area (Å²) in [6.45, 7) is 3.87. The summed E-state index contributed by atoms with van der Waals surface area (Å²) >= 11 is 0. The fourth-order valence-corrected chi connectivity index (χ4v) is 3.60. The number of carbonyl (C=O) groups excluding carboxylic acids is 2. The first-order valence-corrected chi connectivity index (χ1v) is 10.7. The molecule has 0 fully saturated rings. The molecule has 0 bridgehead atoms. The summed E-state index contributed by atoms with van der Waals surface area (Å²) in [6, 6.07) is 24.7. The van der Waals surface area contributed by atoms with Crippen LogP contribution < -0.4 is 5.32 Å². The summed E-state index contributed by atoms with van der Waals surface area (Å²) in [5, 5.41) is 2.96. The Kier molecular flexibility index (Phi) is 8.17. The lowest BCUT2D eigenvalue weighted by atomic mass is 10.0. The molecule has 0 aliphatic heterocycles. The number of rotatable bonds is 9. The molecule has 0 aliphatic carbocycles. The molecule has 0 saturated heterocycles. The average molecular weight is 432 g/mol. The maximum Gasteiger partial charge on any atom is 0.340 e. The third-order valence-corrected chi connectivity index (χ3v) is 5.37. The minimum atomic E-state index is -0.955. The quantitative estimate of drug-likeness (QED) is 0.475. The highest BCUT2D eigenvalue weighted by Gasteiger charge is 2.29. The number of benzene rings is 3. The van der Waals surface area contributed by atoms with Crippen LogP contribution in [0, 0.1) is 13.8 Å². The van der Waals surface area contributed by atoms with Gasteiger partial charge in [-0.1, -0.05) is 78.9 Å². The number of anilines is 1. The molecular formula is C27H29NO4. The van der Waals surface area contributed by atoms with Gasteiger partial charge in [-0.25, -0.2) is 4.79 Å². The Labute approximate surface area is 189 Å². The number of hydrogen-bond acceptors (Lipinski definition) is 4. The Morgan fingerprint density at radius 3 is 2.03 bits per heavy atom. The fourth-order valence-electron chi connectivity index (χ4n) is 3.60. The second kappa shape index (κ2) is 11.3. The normalized spacial score (nSPS) is 12.6. The van der Waals surface area contributed by atoms with Crippen molar-refractivity contribution < 1.29 is 19.1 Å². The molecule has 1 unspecified atom stereocenters. The zero-order valence-corrected chi connectivity index (χ0v) is 18.7. The number of amides is 1. The van der Waals surface area contributed by atoms with E-state index in [0.29, 0.717) is 18.4 Å². The molecule has 0 aliphatic rings. The Balaban J connectivity index is 1.79. The van der Waals surface area contributed by atoms with Gasteiger partial charge in [0.2, 0.25) is 0 Å². The molecule has 3 rings (SSSR count). The summed E-state index contributed by atoms with van der Waals surface area (Å²) in [7, 11) is 1.45. The highest BCUT2D eigenvalue weighted by molar-refractivity contribution is 5.96. The van der Waals surface area contributed by atoms with Crippen molar-refractivity contribution in [2.24, 2.45) is 0 Å². The lowest BCUT2D eigenvalue weighted by Crippen LogP contribution is -2.35. The smallest absolute Gasteiger partial charge is 0.340 e. The molecule has 0 radical (unpaired) electrons. The van der Waals surface area contributed by atoms with Crippen LogP contribution in [-0.2, 0) is 25.5 Å². The second-order valence-corrected chi connectivity index (χ2v) is 7.73. The standard InChI is InChI=1S/C27H29NO4/c1-19-11-10-12-20(2)24(19)28-26(29)23(18-17-21-13-6-4-7-14-21)32-27(30)25(31-3)22-15-8-5-9-16-22/h4-16,23,25H,17-18H2,1-3H3,(H,28,29)/t23?,25-/m1/s1. The van der Waals surface area contributed by atoms with Crippen LogP contribution >= 0.6 is 0 Å². The van der Waals surface area contributed by atoms with Gasteiger partial charge in [-0.2, -0.15) is 0 Å². The van der Waals surface area contributed by atoms with Gasteiger partial charge in [-0.3, -0.25) is 4.79 Å². The molecule has 5 heteroatoms. The van der Waals surface area contributed by atoms with Gasteiger partial charge in [0.25, 0.3) is 5.91 Å². The van der Waals surface area contributed by atoms with Crippen LogP contribution in [0.1, 0.15) is 34.8 Å². The summed E-state index contributed by atoms with van der Waals surface area (Å²) in [4.78, 5) is 26.2. The van der Waals surface area contributed by atoms with E-state index in [1.165, 1.54) is 7.11 Å². The van der Waals surface area contributed by atoms with Crippen LogP contribution in [0.5, 0.6) is 0 Å². The number of esters is 1. The van der Waals surface area contributed by atoms with E-state index in [9.17, 15) is 9.59 Å². The van der Waals surface area contributed by atoms with Gasteiger partial charge in [0.1, 0.15) is 0 Å². The minimum Gasteiger partial charge on any atom is -0.450 e. The van der Waals surface area contributed by atoms with E-state index in [4.69, 9.17) is 9.47 Å². The summed E-state index contributed by atoms with van der Waals surface area (Å²) < 4.78 is 11.1. The molecule has 0 spiro atoms. The van der Waals surface area contributed by atoms with Crippen LogP contribution in [0.2, 0.25) is 0 Å². The van der Waals surface area contributed by atoms with E-state index in [1.807, 2.05) is 80.6 Å². The van der Waals surface area contributed by atoms with Crippen molar-refractivity contribution in [3.8, 4) is 0 Å². The largest absolute Gasteiger partial charge is 0.450 e. The Bertz CT molecular complexity index is 1010. The molecule has 5 nitrogen and oxygen atoms in total. The minimum absolute atomic E-state index is 0.352. The zero-order chi connectivity index (χ0) is 22.9. The van der Waals surface area contributed by atoms with Crippen molar-refractivity contribution in [3.63, 3.8) is 0 Å². The van der Waals surface area contributed by atoms with Gasteiger partial charge in [0.15, 0.2) is 12.2 Å². The number of nitrogens with one attached hydrogen (secondary N) is 1. The first-order valence-electron chi connectivity index (χ1n) is 10.7. The molecule has 166 valence electrons. The molecule has 0 aromatic heterocycles. The third kappa shape index (κ3) is 6.05. The molecule has 32 heavy (non-hydrogen) atoms. The topological polar surface area (TPSA) is 64.6 Å². The lowest BCUT2D eigenvalue weighted by molar-refractivity contribution is -0.165. The van der Waals surface area contributed by atoms with Gasteiger partial charge in [-0.05, 0) is 48.9 Å². The SMILES string of the molecule is CO[C@@H](C(=O)OC(CCc1ccccc1)C(=O)Nc1c(C)cccc1C)c1ccccc1. The van der Waals surface area contributed by atoms with Crippen molar-refractivity contribution in [1.82, 2.24) is 0 Å². The van der Waals surface area contributed by atoms with E-state index >= 15 is 0 Å². The maximum atomic E-state index is 13.2. The number of aryl methyl sites for hydroxylation is 3. The monoisotopic (exact) mass is 431 g/mol. The van der Waals surface area contributed by atoms with Crippen molar-refractivity contribution >= 4 is 17.6 Å². The molecule has 3 aromatic rings. The molecule has 1 amide bonds. The van der Waals surface area contributed by atoms with Crippen molar-refractivity contribution in [3.05, 3.63) is 101 Å². The number of carbonyl (C=O) groups is 2. The molecule has 0 heterocycles. The van der Waals surface area contributed by atoms with Gasteiger partial charge < -0.3 is 14.8 Å². The molecule has 0 saturated carbocycles. The maximum absolute atomic E-state index is 13.2. The van der Waals surface area contributed by atoms with Gasteiger partial charge in [-0.15, -0.1) is 0 Å². The van der Waals surface area contributed by atoms with Crippen molar-refractivity contribution in [1.29, 1.82) is 0 Å². The highest BCUT2D eigenvalue weighted by atomic mass is 16.6. The summed E-state index contributed by atoms with van der Waals surface area (Å²) in [5.41, 5.74) is 4.39. The van der Waals surface area contributed by atoms with E-state index in [1.54, 1.807) is 12.1 Å². The number of hydrogen-bond donors (Lipinski definition) is 1. The zero-order valence-electron chi connectivity index (χ0n) is 18.7. The third-order valence-electron chi connectivity index (χ3n) is 5.37. The van der Waals surface area contributed by atoms with Crippen LogP contribution in [0.4, 0.5) is 5.69 Å². The number of ether oxygens (including phenoxy) is 2. The predicted octanol–water partition coefficient (Wildman–Crippen LogP) is 5.17. The van der Waals surface area contributed by atoms with E-state index in [0.717, 1.165) is 22.4 Å². The fraction of sp³-hybridized carbons (Fsp3) is 0.259. The van der Waals surface area contributed by atoms with E-state index in [-0.39, 0.29) is 5.91 Å². The second-order valence-electron chi connectivity index (χ2n) is 7.73. The molecule has 2 atom stereocenters. The number of methoxy groups -OCH3 is 1. The summed E-state index contributed by atoms with van der Waals surface area (Å²) in [6.07, 6.45) is -0.897. The van der Waals surface area contributed by atoms with Gasteiger partial charge in [0, 0.05) is 12.8 Å². The average Bonchev–Trinajstić information content (AvgIpc) is 2.81. The summed E-state index contributed by atoms with van der Waals surface area (Å²) in [5.74, 6) is -0.942. The first kappa shape index (κ1) is 23.2. The Morgan fingerprint density at radius 1 is 0.844 bits per heavy atom. The van der Waals surface area contributed by atoms with Gasteiger partial charge >= 0.3 is 5.97 Å². The Hall–Kier alpha value is -3.44. The molecule has 3 aromatic carbocycles. The van der Waals surface area contributed by atoms with Crippen LogP contribution in [0.25, 0.3) is 0 Å². The predicted molar refractivity (Wildman–Crippen MR) is 125 cm³/mol. The highest BCUT2D eigenvalue weighted by Crippen LogP contribution is 2.23. The number of para-hydroxylation sites is 1.